The molecule has 2 heterocycles. The van der Waals surface area contributed by atoms with Crippen LogP contribution in [-0.2, 0) is 11.2 Å². The molecule has 1 unspecified atom stereocenters. The van der Waals surface area contributed by atoms with Gasteiger partial charge in [0.1, 0.15) is 6.04 Å². The molecule has 1 atom stereocenters. The summed E-state index contributed by atoms with van der Waals surface area (Å²) in [6.45, 7) is 1.96. The van der Waals surface area contributed by atoms with Gasteiger partial charge < -0.3 is 5.32 Å². The quantitative estimate of drug-likeness (QED) is 0.464. The van der Waals surface area contributed by atoms with E-state index in [2.05, 4.69) is 10.3 Å². The first kappa shape index (κ1) is 20.1. The molecular formula is C25H19N3O3S. The van der Waals surface area contributed by atoms with E-state index in [-0.39, 0.29) is 6.42 Å². The summed E-state index contributed by atoms with van der Waals surface area (Å²) >= 11 is 1.36. The summed E-state index contributed by atoms with van der Waals surface area (Å²) in [6.07, 6.45) is 0.210. The van der Waals surface area contributed by atoms with Crippen molar-refractivity contribution in [3.8, 4) is 0 Å². The van der Waals surface area contributed by atoms with Gasteiger partial charge in [-0.1, -0.05) is 65.9 Å². The minimum Gasteiger partial charge on any atom is -0.300 e. The highest BCUT2D eigenvalue weighted by Crippen LogP contribution is 2.30. The molecule has 1 aliphatic rings. The van der Waals surface area contributed by atoms with E-state index in [9.17, 15) is 14.4 Å². The minimum atomic E-state index is -1.00. The molecule has 0 bridgehead atoms. The van der Waals surface area contributed by atoms with Crippen molar-refractivity contribution in [1.82, 2.24) is 9.88 Å². The summed E-state index contributed by atoms with van der Waals surface area (Å²) in [5.41, 5.74) is 3.33. The lowest BCUT2D eigenvalue weighted by molar-refractivity contribution is -0.119. The summed E-state index contributed by atoms with van der Waals surface area (Å²) < 4.78 is 0.959. The number of nitrogens with one attached hydrogen (secondary N) is 1. The minimum absolute atomic E-state index is 0.210. The molecule has 1 N–H and O–H groups in total. The number of carbonyl (C=O) groups excluding carboxylic acids is 3. The zero-order chi connectivity index (χ0) is 22.2. The molecule has 3 amide bonds. The Hall–Kier alpha value is -3.84. The molecule has 0 radical (unpaired) electrons. The highest BCUT2D eigenvalue weighted by atomic mass is 32.1. The van der Waals surface area contributed by atoms with Crippen LogP contribution in [0.2, 0.25) is 0 Å². The maximum atomic E-state index is 13.4. The molecular weight excluding hydrogens is 422 g/mol. The number of thiazole rings is 1. The van der Waals surface area contributed by atoms with Crippen LogP contribution in [0.3, 0.4) is 0 Å². The summed E-state index contributed by atoms with van der Waals surface area (Å²) in [5, 5.41) is 3.28. The predicted molar refractivity (Wildman–Crippen MR) is 124 cm³/mol. The second-order valence-electron chi connectivity index (χ2n) is 7.66. The molecule has 32 heavy (non-hydrogen) atoms. The Morgan fingerprint density at radius 3 is 2.25 bits per heavy atom. The fourth-order valence-electron chi connectivity index (χ4n) is 3.96. The van der Waals surface area contributed by atoms with Crippen LogP contribution >= 0.6 is 11.3 Å². The number of rotatable bonds is 5. The van der Waals surface area contributed by atoms with Gasteiger partial charge in [-0.05, 0) is 36.2 Å². The van der Waals surface area contributed by atoms with Crippen molar-refractivity contribution < 1.29 is 14.4 Å². The van der Waals surface area contributed by atoms with Crippen LogP contribution in [-0.4, -0.2) is 33.6 Å². The molecule has 7 heteroatoms. The lowest BCUT2D eigenvalue weighted by Crippen LogP contribution is -2.48. The van der Waals surface area contributed by atoms with Crippen molar-refractivity contribution in [2.24, 2.45) is 0 Å². The highest BCUT2D eigenvalue weighted by molar-refractivity contribution is 7.22. The summed E-state index contributed by atoms with van der Waals surface area (Å²) in [5.74, 6) is -1.36. The number of anilines is 1. The number of hydrogen-bond donors (Lipinski definition) is 1. The Kier molecular flexibility index (Phi) is 5.03. The van der Waals surface area contributed by atoms with Gasteiger partial charge in [-0.15, -0.1) is 0 Å². The van der Waals surface area contributed by atoms with E-state index in [0.717, 1.165) is 26.2 Å². The van der Waals surface area contributed by atoms with Crippen molar-refractivity contribution in [3.05, 3.63) is 95.1 Å². The molecule has 158 valence electrons. The third-order valence-electron chi connectivity index (χ3n) is 5.56. The molecule has 0 fully saturated rings. The van der Waals surface area contributed by atoms with E-state index in [0.29, 0.717) is 16.3 Å². The van der Waals surface area contributed by atoms with Crippen LogP contribution in [0.15, 0.2) is 72.8 Å². The molecule has 0 saturated carbocycles. The van der Waals surface area contributed by atoms with Gasteiger partial charge in [0.05, 0.1) is 21.3 Å². The molecule has 0 spiro atoms. The first-order valence-electron chi connectivity index (χ1n) is 10.2. The number of carbonyl (C=O) groups is 3. The molecule has 5 rings (SSSR count). The number of hydrogen-bond acceptors (Lipinski definition) is 5. The molecule has 3 aromatic carbocycles. The number of fused-ring (bicyclic) bond motifs is 2. The first-order chi connectivity index (χ1) is 15.5. The van der Waals surface area contributed by atoms with Gasteiger partial charge in [0.25, 0.3) is 11.8 Å². The Morgan fingerprint density at radius 1 is 0.938 bits per heavy atom. The van der Waals surface area contributed by atoms with Gasteiger partial charge in [0.2, 0.25) is 5.91 Å². The lowest BCUT2D eigenvalue weighted by Gasteiger charge is -2.25. The third kappa shape index (κ3) is 3.46. The SMILES string of the molecule is Cc1cccc2sc(NC(=O)C(Cc3ccccc3)N3C(=O)c4ccccc4C3=O)nc12. The van der Waals surface area contributed by atoms with E-state index in [1.807, 2.05) is 55.5 Å². The summed E-state index contributed by atoms with van der Waals surface area (Å²) in [7, 11) is 0. The zero-order valence-electron chi connectivity index (χ0n) is 17.2. The fraction of sp³-hybridized carbons (Fsp3) is 0.120. The number of amides is 3. The fourth-order valence-corrected chi connectivity index (χ4v) is 4.90. The molecule has 0 aliphatic carbocycles. The van der Waals surface area contributed by atoms with Crippen molar-refractivity contribution in [1.29, 1.82) is 0 Å². The second kappa shape index (κ2) is 8.01. The third-order valence-corrected chi connectivity index (χ3v) is 6.50. The van der Waals surface area contributed by atoms with Crippen LogP contribution < -0.4 is 5.32 Å². The molecule has 1 aliphatic heterocycles. The van der Waals surface area contributed by atoms with Crippen LogP contribution in [0.1, 0.15) is 31.8 Å². The number of para-hydroxylation sites is 1. The van der Waals surface area contributed by atoms with Crippen molar-refractivity contribution >= 4 is 44.4 Å². The molecule has 0 saturated heterocycles. The van der Waals surface area contributed by atoms with Crippen molar-refractivity contribution in [3.63, 3.8) is 0 Å². The smallest absolute Gasteiger partial charge is 0.262 e. The van der Waals surface area contributed by atoms with Crippen LogP contribution in [0.25, 0.3) is 10.2 Å². The van der Waals surface area contributed by atoms with Crippen LogP contribution in [0, 0.1) is 6.92 Å². The standard InChI is InChI=1S/C25H19N3O3S/c1-15-8-7-13-20-21(15)26-25(32-20)27-22(29)19(14-16-9-3-2-4-10-16)28-23(30)17-11-5-6-12-18(17)24(28)31/h2-13,19H,14H2,1H3,(H,26,27,29). The van der Waals surface area contributed by atoms with Gasteiger partial charge in [0.15, 0.2) is 5.13 Å². The van der Waals surface area contributed by atoms with E-state index in [1.165, 1.54) is 11.3 Å². The number of aromatic nitrogens is 1. The van der Waals surface area contributed by atoms with Crippen molar-refractivity contribution in [2.75, 3.05) is 5.32 Å². The highest BCUT2D eigenvalue weighted by Gasteiger charge is 2.42. The zero-order valence-corrected chi connectivity index (χ0v) is 18.1. The maximum absolute atomic E-state index is 13.4. The maximum Gasteiger partial charge on any atom is 0.262 e. The largest absolute Gasteiger partial charge is 0.300 e. The van der Waals surface area contributed by atoms with E-state index < -0.39 is 23.8 Å². The summed E-state index contributed by atoms with van der Waals surface area (Å²) in [4.78, 5) is 45.2. The molecule has 4 aromatic rings. The van der Waals surface area contributed by atoms with Crippen molar-refractivity contribution in [2.45, 2.75) is 19.4 Å². The average molecular weight is 442 g/mol. The Balaban J connectivity index is 1.49. The van der Waals surface area contributed by atoms with Gasteiger partial charge in [-0.2, -0.15) is 0 Å². The normalized spacial score (nSPS) is 14.0. The topological polar surface area (TPSA) is 79.4 Å². The molecule has 6 nitrogen and oxygen atoms in total. The first-order valence-corrected chi connectivity index (χ1v) is 11.0. The molecule has 1 aromatic heterocycles. The van der Waals surface area contributed by atoms with E-state index >= 15 is 0 Å². The summed E-state index contributed by atoms with van der Waals surface area (Å²) in [6, 6.07) is 20.9. The van der Waals surface area contributed by atoms with Gasteiger partial charge in [-0.3, -0.25) is 19.3 Å². The number of benzene rings is 3. The monoisotopic (exact) mass is 441 g/mol. The number of aryl methyl sites for hydroxylation is 1. The lowest BCUT2D eigenvalue weighted by atomic mass is 10.0. The van der Waals surface area contributed by atoms with Crippen LogP contribution in [0.5, 0.6) is 0 Å². The number of imide groups is 1. The van der Waals surface area contributed by atoms with Gasteiger partial charge >= 0.3 is 0 Å². The average Bonchev–Trinajstić information content (AvgIpc) is 3.33. The predicted octanol–water partition coefficient (Wildman–Crippen LogP) is 4.45. The Morgan fingerprint density at radius 2 is 1.59 bits per heavy atom. The van der Waals surface area contributed by atoms with Gasteiger partial charge in [0, 0.05) is 6.42 Å². The Bertz CT molecular complexity index is 1330. The van der Waals surface area contributed by atoms with Crippen LogP contribution in [0.4, 0.5) is 5.13 Å². The number of nitrogens with zero attached hydrogens (tertiary/aromatic N) is 2. The van der Waals surface area contributed by atoms with E-state index in [1.54, 1.807) is 24.3 Å². The Labute approximate surface area is 188 Å². The van der Waals surface area contributed by atoms with Gasteiger partial charge in [-0.25, -0.2) is 4.98 Å². The van der Waals surface area contributed by atoms with E-state index in [4.69, 9.17) is 0 Å². The second-order valence-corrected chi connectivity index (χ2v) is 8.69.